The first kappa shape index (κ1) is 18.8. The molecule has 0 saturated carbocycles. The van der Waals surface area contributed by atoms with Crippen LogP contribution in [0.3, 0.4) is 0 Å². The van der Waals surface area contributed by atoms with Gasteiger partial charge in [-0.15, -0.1) is 10.2 Å². The molecular weight excluding hydrogens is 436 g/mol. The lowest BCUT2D eigenvalue weighted by Gasteiger charge is -2.08. The number of aromatic nitrogens is 3. The zero-order chi connectivity index (χ0) is 20.1. The van der Waals surface area contributed by atoms with Crippen molar-refractivity contribution in [3.8, 4) is 17.2 Å². The van der Waals surface area contributed by atoms with Crippen LogP contribution in [0.1, 0.15) is 16.2 Å². The van der Waals surface area contributed by atoms with Gasteiger partial charge in [0.05, 0.1) is 5.56 Å². The van der Waals surface area contributed by atoms with Crippen LogP contribution in [0.4, 0.5) is 5.69 Å². The lowest BCUT2D eigenvalue weighted by Crippen LogP contribution is -2.12. The number of benzene rings is 2. The van der Waals surface area contributed by atoms with Crippen LogP contribution in [0.2, 0.25) is 0 Å². The molecule has 0 atom stereocenters. The summed E-state index contributed by atoms with van der Waals surface area (Å²) in [6.45, 7) is 0.118. The van der Waals surface area contributed by atoms with Gasteiger partial charge in [0.15, 0.2) is 6.61 Å². The molecular formula is C21H15BrN4O3. The van der Waals surface area contributed by atoms with Crippen LogP contribution < -0.4 is 10.1 Å². The number of amides is 1. The van der Waals surface area contributed by atoms with Crippen molar-refractivity contribution in [2.75, 3.05) is 5.32 Å². The maximum Gasteiger partial charge on any atom is 0.257 e. The molecule has 0 radical (unpaired) electrons. The molecule has 0 aliphatic rings. The van der Waals surface area contributed by atoms with Gasteiger partial charge in [-0.25, -0.2) is 0 Å². The quantitative estimate of drug-likeness (QED) is 0.456. The van der Waals surface area contributed by atoms with E-state index in [9.17, 15) is 4.79 Å². The molecule has 0 aliphatic heterocycles. The number of pyridine rings is 1. The van der Waals surface area contributed by atoms with Gasteiger partial charge in [0.25, 0.3) is 11.8 Å². The Balaban J connectivity index is 1.39. The number of hydrogen-bond donors (Lipinski definition) is 1. The molecule has 144 valence electrons. The summed E-state index contributed by atoms with van der Waals surface area (Å²) in [5.41, 5.74) is 1.89. The molecule has 7 nitrogen and oxygen atoms in total. The maximum atomic E-state index is 12.3. The van der Waals surface area contributed by atoms with E-state index in [2.05, 4.69) is 36.4 Å². The standard InChI is InChI=1S/C21H15BrN4O3/c22-16-9-15(11-23-12-16)20(27)24-17-7-4-8-18(10-17)28-13-19-25-26-21(29-19)14-5-2-1-3-6-14/h1-12H,13H2,(H,24,27). The average molecular weight is 451 g/mol. The minimum Gasteiger partial charge on any atom is -0.484 e. The molecule has 0 unspecified atom stereocenters. The monoisotopic (exact) mass is 450 g/mol. The van der Waals surface area contributed by atoms with Gasteiger partial charge in [0.1, 0.15) is 5.75 Å². The maximum absolute atomic E-state index is 12.3. The molecule has 1 amide bonds. The van der Waals surface area contributed by atoms with Gasteiger partial charge < -0.3 is 14.5 Å². The van der Waals surface area contributed by atoms with Gasteiger partial charge >= 0.3 is 0 Å². The Morgan fingerprint density at radius 1 is 1.03 bits per heavy atom. The normalized spacial score (nSPS) is 10.5. The second-order valence-electron chi connectivity index (χ2n) is 6.03. The highest BCUT2D eigenvalue weighted by atomic mass is 79.9. The summed E-state index contributed by atoms with van der Waals surface area (Å²) >= 11 is 3.30. The molecule has 8 heteroatoms. The molecule has 2 heterocycles. The highest BCUT2D eigenvalue weighted by molar-refractivity contribution is 9.10. The minimum atomic E-state index is -0.264. The Morgan fingerprint density at radius 3 is 2.72 bits per heavy atom. The summed E-state index contributed by atoms with van der Waals surface area (Å²) in [5, 5.41) is 10.9. The van der Waals surface area contributed by atoms with Gasteiger partial charge in [-0.05, 0) is 46.3 Å². The Hall–Kier alpha value is -3.52. The summed E-state index contributed by atoms with van der Waals surface area (Å²) < 4.78 is 12.1. The fraction of sp³-hybridized carbons (Fsp3) is 0.0476. The number of hydrogen-bond acceptors (Lipinski definition) is 6. The van der Waals surface area contributed by atoms with E-state index in [1.54, 1.807) is 36.5 Å². The summed E-state index contributed by atoms with van der Waals surface area (Å²) in [7, 11) is 0. The van der Waals surface area contributed by atoms with Gasteiger partial charge in [-0.2, -0.15) is 0 Å². The van der Waals surface area contributed by atoms with Crippen molar-refractivity contribution in [1.82, 2.24) is 15.2 Å². The first-order valence-electron chi connectivity index (χ1n) is 8.70. The molecule has 29 heavy (non-hydrogen) atoms. The summed E-state index contributed by atoms with van der Waals surface area (Å²) in [6, 6.07) is 18.3. The second kappa shape index (κ2) is 8.66. The molecule has 4 aromatic rings. The topological polar surface area (TPSA) is 90.1 Å². The van der Waals surface area contributed by atoms with Gasteiger partial charge in [0.2, 0.25) is 5.89 Å². The van der Waals surface area contributed by atoms with Crippen molar-refractivity contribution in [2.45, 2.75) is 6.61 Å². The van der Waals surface area contributed by atoms with Crippen LogP contribution in [0.15, 0.2) is 81.9 Å². The van der Waals surface area contributed by atoms with E-state index in [4.69, 9.17) is 9.15 Å². The number of carbonyl (C=O) groups excluding carboxylic acids is 1. The molecule has 0 bridgehead atoms. The van der Waals surface area contributed by atoms with Gasteiger partial charge in [0, 0.05) is 34.2 Å². The molecule has 0 spiro atoms. The van der Waals surface area contributed by atoms with Crippen molar-refractivity contribution >= 4 is 27.5 Å². The zero-order valence-corrected chi connectivity index (χ0v) is 16.7. The van der Waals surface area contributed by atoms with E-state index in [1.807, 2.05) is 30.3 Å². The summed E-state index contributed by atoms with van der Waals surface area (Å²) in [5.74, 6) is 1.10. The third kappa shape index (κ3) is 4.85. The van der Waals surface area contributed by atoms with Crippen LogP contribution in [-0.4, -0.2) is 21.1 Å². The average Bonchev–Trinajstić information content (AvgIpc) is 3.22. The van der Waals surface area contributed by atoms with E-state index in [0.717, 1.165) is 10.0 Å². The second-order valence-corrected chi connectivity index (χ2v) is 6.95. The molecule has 0 fully saturated rings. The smallest absolute Gasteiger partial charge is 0.257 e. The van der Waals surface area contributed by atoms with E-state index in [-0.39, 0.29) is 12.5 Å². The minimum absolute atomic E-state index is 0.118. The van der Waals surface area contributed by atoms with Crippen molar-refractivity contribution in [3.63, 3.8) is 0 Å². The number of ether oxygens (including phenoxy) is 1. The predicted octanol–water partition coefficient (Wildman–Crippen LogP) is 4.73. The van der Waals surface area contributed by atoms with Crippen molar-refractivity contribution in [2.24, 2.45) is 0 Å². The van der Waals surface area contributed by atoms with Gasteiger partial charge in [-0.3, -0.25) is 9.78 Å². The number of halogens is 1. The first-order chi connectivity index (χ1) is 14.2. The molecule has 2 aromatic carbocycles. The highest BCUT2D eigenvalue weighted by Crippen LogP contribution is 2.21. The Kier molecular flexibility index (Phi) is 5.62. The van der Waals surface area contributed by atoms with E-state index in [0.29, 0.717) is 28.8 Å². The van der Waals surface area contributed by atoms with Crippen LogP contribution >= 0.6 is 15.9 Å². The molecule has 1 N–H and O–H groups in total. The SMILES string of the molecule is O=C(Nc1cccc(OCc2nnc(-c3ccccc3)o2)c1)c1cncc(Br)c1. The number of nitrogens with one attached hydrogen (secondary N) is 1. The van der Waals surface area contributed by atoms with E-state index >= 15 is 0 Å². The lowest BCUT2D eigenvalue weighted by atomic mass is 10.2. The Bertz CT molecular complexity index is 1130. The van der Waals surface area contributed by atoms with Crippen molar-refractivity contribution < 1.29 is 13.9 Å². The number of anilines is 1. The fourth-order valence-electron chi connectivity index (χ4n) is 2.56. The predicted molar refractivity (Wildman–Crippen MR) is 110 cm³/mol. The number of rotatable bonds is 6. The first-order valence-corrected chi connectivity index (χ1v) is 9.49. The molecule has 2 aromatic heterocycles. The van der Waals surface area contributed by atoms with Gasteiger partial charge in [-0.1, -0.05) is 24.3 Å². The number of carbonyl (C=O) groups is 1. The largest absolute Gasteiger partial charge is 0.484 e. The van der Waals surface area contributed by atoms with E-state index in [1.165, 1.54) is 6.20 Å². The fourth-order valence-corrected chi connectivity index (χ4v) is 2.92. The number of nitrogens with zero attached hydrogens (tertiary/aromatic N) is 3. The van der Waals surface area contributed by atoms with Crippen LogP contribution in [-0.2, 0) is 6.61 Å². The Morgan fingerprint density at radius 2 is 1.90 bits per heavy atom. The third-order valence-corrected chi connectivity index (χ3v) is 4.34. The molecule has 0 saturated heterocycles. The lowest BCUT2D eigenvalue weighted by molar-refractivity contribution is 0.102. The highest BCUT2D eigenvalue weighted by Gasteiger charge is 2.10. The zero-order valence-electron chi connectivity index (χ0n) is 15.1. The Labute approximate surface area is 174 Å². The van der Waals surface area contributed by atoms with E-state index < -0.39 is 0 Å². The third-order valence-electron chi connectivity index (χ3n) is 3.91. The van der Waals surface area contributed by atoms with Crippen LogP contribution in [0, 0.1) is 0 Å². The van der Waals surface area contributed by atoms with Crippen LogP contribution in [0.25, 0.3) is 11.5 Å². The molecule has 4 rings (SSSR count). The molecule has 0 aliphatic carbocycles. The van der Waals surface area contributed by atoms with Crippen molar-refractivity contribution in [3.05, 3.63) is 89.0 Å². The summed E-state index contributed by atoms with van der Waals surface area (Å²) in [6.07, 6.45) is 3.12. The van der Waals surface area contributed by atoms with Crippen molar-refractivity contribution in [1.29, 1.82) is 0 Å². The summed E-state index contributed by atoms with van der Waals surface area (Å²) in [4.78, 5) is 16.3. The van der Waals surface area contributed by atoms with Crippen LogP contribution in [0.5, 0.6) is 5.75 Å².